The van der Waals surface area contributed by atoms with Gasteiger partial charge in [-0.05, 0) is 34.7 Å². The summed E-state index contributed by atoms with van der Waals surface area (Å²) in [5, 5.41) is 14.0. The first-order valence-electron chi connectivity index (χ1n) is 8.02. The number of tetrazole rings is 1. The number of benzene rings is 2. The van der Waals surface area contributed by atoms with Crippen LogP contribution in [0.2, 0.25) is 0 Å². The molecule has 0 radical (unpaired) electrons. The number of carbonyl (C=O) groups is 1. The number of hydrogen-bond donors (Lipinski definition) is 1. The predicted molar refractivity (Wildman–Crippen MR) is 99.1 cm³/mol. The molecule has 140 valence electrons. The minimum absolute atomic E-state index is 0.136. The van der Waals surface area contributed by atoms with Crippen molar-refractivity contribution in [2.24, 2.45) is 7.05 Å². The third-order valence-corrected chi connectivity index (χ3v) is 5.66. The molecule has 3 rings (SSSR count). The number of carbonyl (C=O) groups excluding carboxylic acids is 1. The molecule has 0 aliphatic rings. The fourth-order valence-electron chi connectivity index (χ4n) is 2.47. The first-order chi connectivity index (χ1) is 12.9. The molecule has 1 N–H and O–H groups in total. The predicted octanol–water partition coefficient (Wildman–Crippen LogP) is 1.14. The summed E-state index contributed by atoms with van der Waals surface area (Å²) in [7, 11) is -0.656. The Hall–Kier alpha value is -3.11. The minimum Gasteiger partial charge on any atom is -0.325 e. The molecule has 0 atom stereocenters. The van der Waals surface area contributed by atoms with Gasteiger partial charge in [-0.2, -0.15) is 4.31 Å². The largest absolute Gasteiger partial charge is 0.325 e. The zero-order valence-electron chi connectivity index (χ0n) is 14.8. The van der Waals surface area contributed by atoms with Gasteiger partial charge in [-0.3, -0.25) is 4.79 Å². The average Bonchev–Trinajstić information content (AvgIpc) is 3.08. The number of rotatable bonds is 6. The summed E-state index contributed by atoms with van der Waals surface area (Å²) < 4.78 is 27.5. The first kappa shape index (κ1) is 18.7. The molecule has 1 heterocycles. The van der Waals surface area contributed by atoms with E-state index in [1.54, 1.807) is 43.4 Å². The van der Waals surface area contributed by atoms with Crippen LogP contribution in [-0.4, -0.2) is 52.4 Å². The van der Waals surface area contributed by atoms with E-state index >= 15 is 0 Å². The molecule has 0 aliphatic heterocycles. The number of aromatic nitrogens is 4. The topological polar surface area (TPSA) is 110 Å². The molecule has 0 bridgehead atoms. The minimum atomic E-state index is -3.73. The fourth-order valence-corrected chi connectivity index (χ4v) is 3.62. The number of nitrogens with zero attached hydrogens (tertiary/aromatic N) is 5. The third-order valence-electron chi connectivity index (χ3n) is 3.84. The summed E-state index contributed by atoms with van der Waals surface area (Å²) in [5.74, 6) is 0.0973. The highest BCUT2D eigenvalue weighted by Crippen LogP contribution is 2.20. The van der Waals surface area contributed by atoms with Crippen molar-refractivity contribution >= 4 is 21.6 Å². The van der Waals surface area contributed by atoms with Crippen LogP contribution in [0.25, 0.3) is 11.4 Å². The van der Waals surface area contributed by atoms with E-state index in [1.807, 2.05) is 6.07 Å². The monoisotopic (exact) mass is 386 g/mol. The van der Waals surface area contributed by atoms with Gasteiger partial charge in [0.15, 0.2) is 5.82 Å². The van der Waals surface area contributed by atoms with Gasteiger partial charge in [-0.1, -0.05) is 30.3 Å². The van der Waals surface area contributed by atoms with Crippen LogP contribution in [0.1, 0.15) is 0 Å². The number of nitrogens with one attached hydrogen (secondary N) is 1. The lowest BCUT2D eigenvalue weighted by molar-refractivity contribution is -0.116. The summed E-state index contributed by atoms with van der Waals surface area (Å²) >= 11 is 0. The third kappa shape index (κ3) is 4.18. The molecule has 0 aliphatic carbocycles. The van der Waals surface area contributed by atoms with Gasteiger partial charge in [0.25, 0.3) is 0 Å². The number of anilines is 1. The maximum atomic E-state index is 12.5. The fraction of sp³-hybridized carbons (Fsp3) is 0.176. The van der Waals surface area contributed by atoms with Crippen molar-refractivity contribution in [1.29, 1.82) is 0 Å². The molecule has 0 spiro atoms. The van der Waals surface area contributed by atoms with Crippen molar-refractivity contribution in [1.82, 2.24) is 24.5 Å². The van der Waals surface area contributed by atoms with Gasteiger partial charge in [-0.25, -0.2) is 13.1 Å². The van der Waals surface area contributed by atoms with Crippen LogP contribution in [0.3, 0.4) is 0 Å². The lowest BCUT2D eigenvalue weighted by atomic mass is 10.2. The summed E-state index contributed by atoms with van der Waals surface area (Å²) in [6.07, 6.45) is 0. The Balaban J connectivity index is 1.70. The zero-order valence-corrected chi connectivity index (χ0v) is 15.6. The highest BCUT2D eigenvalue weighted by Gasteiger charge is 2.22. The molecule has 10 heteroatoms. The van der Waals surface area contributed by atoms with Gasteiger partial charge in [0, 0.05) is 25.3 Å². The Bertz CT molecular complexity index is 1050. The molecular weight excluding hydrogens is 368 g/mol. The van der Waals surface area contributed by atoms with Gasteiger partial charge < -0.3 is 5.32 Å². The second-order valence-corrected chi connectivity index (χ2v) is 7.87. The molecule has 9 nitrogen and oxygen atoms in total. The Labute approximate surface area is 156 Å². The molecule has 1 amide bonds. The average molecular weight is 386 g/mol. The van der Waals surface area contributed by atoms with Gasteiger partial charge in [0.05, 0.1) is 11.4 Å². The van der Waals surface area contributed by atoms with Crippen LogP contribution in [-0.2, 0) is 21.9 Å². The maximum Gasteiger partial charge on any atom is 0.243 e. The lowest BCUT2D eigenvalue weighted by Gasteiger charge is -2.17. The number of hydrogen-bond acceptors (Lipinski definition) is 6. The van der Waals surface area contributed by atoms with E-state index in [0.717, 1.165) is 9.87 Å². The van der Waals surface area contributed by atoms with Crippen LogP contribution in [0.5, 0.6) is 0 Å². The van der Waals surface area contributed by atoms with Crippen LogP contribution in [0.4, 0.5) is 5.69 Å². The SMILES string of the molecule is CN(CC(=O)Nc1cccc(-c2nnnn2C)c1)S(=O)(=O)c1ccccc1. The second-order valence-electron chi connectivity index (χ2n) is 5.83. The van der Waals surface area contributed by atoms with Crippen molar-refractivity contribution < 1.29 is 13.2 Å². The molecule has 1 aromatic heterocycles. The molecule has 0 saturated carbocycles. The Morgan fingerprint density at radius 2 is 1.89 bits per heavy atom. The molecule has 0 saturated heterocycles. The van der Waals surface area contributed by atoms with E-state index in [1.165, 1.54) is 23.9 Å². The van der Waals surface area contributed by atoms with Crippen molar-refractivity contribution in [3.05, 3.63) is 54.6 Å². The van der Waals surface area contributed by atoms with Crippen molar-refractivity contribution in [2.45, 2.75) is 4.90 Å². The van der Waals surface area contributed by atoms with E-state index in [-0.39, 0.29) is 11.4 Å². The Morgan fingerprint density at radius 3 is 2.56 bits per heavy atom. The molecule has 2 aromatic carbocycles. The number of sulfonamides is 1. The molecule has 3 aromatic rings. The van der Waals surface area contributed by atoms with Crippen LogP contribution in [0.15, 0.2) is 59.5 Å². The highest BCUT2D eigenvalue weighted by molar-refractivity contribution is 7.89. The number of aryl methyl sites for hydroxylation is 1. The standard InChI is InChI=1S/C17H18N6O3S/c1-22(27(25,26)15-9-4-3-5-10-15)12-16(24)18-14-8-6-7-13(11-14)17-19-20-21-23(17)2/h3-11H,12H2,1-2H3,(H,18,24). The molecule has 0 unspecified atom stereocenters. The molecular formula is C17H18N6O3S. The Morgan fingerprint density at radius 1 is 1.15 bits per heavy atom. The summed E-state index contributed by atoms with van der Waals surface area (Å²) in [6, 6.07) is 15.0. The molecule has 27 heavy (non-hydrogen) atoms. The van der Waals surface area contributed by atoms with E-state index in [9.17, 15) is 13.2 Å². The van der Waals surface area contributed by atoms with Crippen molar-refractivity contribution in [3.8, 4) is 11.4 Å². The van der Waals surface area contributed by atoms with Gasteiger partial charge in [0.1, 0.15) is 0 Å². The first-order valence-corrected chi connectivity index (χ1v) is 9.46. The van der Waals surface area contributed by atoms with Crippen LogP contribution >= 0.6 is 0 Å². The van der Waals surface area contributed by atoms with Gasteiger partial charge >= 0.3 is 0 Å². The summed E-state index contributed by atoms with van der Waals surface area (Å²) in [6.45, 7) is -0.313. The van der Waals surface area contributed by atoms with E-state index in [4.69, 9.17) is 0 Å². The highest BCUT2D eigenvalue weighted by atomic mass is 32.2. The van der Waals surface area contributed by atoms with Crippen molar-refractivity contribution in [3.63, 3.8) is 0 Å². The lowest BCUT2D eigenvalue weighted by Crippen LogP contribution is -2.34. The summed E-state index contributed by atoms with van der Waals surface area (Å²) in [4.78, 5) is 12.4. The van der Waals surface area contributed by atoms with E-state index in [0.29, 0.717) is 11.5 Å². The molecule has 0 fully saturated rings. The number of amides is 1. The zero-order chi connectivity index (χ0) is 19.4. The summed E-state index contributed by atoms with van der Waals surface area (Å²) in [5.41, 5.74) is 1.25. The van der Waals surface area contributed by atoms with Crippen LogP contribution in [0, 0.1) is 0 Å². The van der Waals surface area contributed by atoms with Crippen LogP contribution < -0.4 is 5.32 Å². The van der Waals surface area contributed by atoms with Gasteiger partial charge in [0.2, 0.25) is 15.9 Å². The van der Waals surface area contributed by atoms with E-state index < -0.39 is 15.9 Å². The van der Waals surface area contributed by atoms with E-state index in [2.05, 4.69) is 20.8 Å². The van der Waals surface area contributed by atoms with Gasteiger partial charge in [-0.15, -0.1) is 5.10 Å². The maximum absolute atomic E-state index is 12.5. The Kier molecular flexibility index (Phi) is 5.28. The van der Waals surface area contributed by atoms with Crippen molar-refractivity contribution in [2.75, 3.05) is 18.9 Å². The number of likely N-dealkylation sites (N-methyl/N-ethyl adjacent to an activating group) is 1. The normalized spacial score (nSPS) is 11.5. The quantitative estimate of drug-likeness (QED) is 0.680. The smallest absolute Gasteiger partial charge is 0.243 e. The second kappa shape index (κ2) is 7.64.